The van der Waals surface area contributed by atoms with Gasteiger partial charge in [-0.2, -0.15) is 0 Å². The number of rotatable bonds is 4. The highest BCUT2D eigenvalue weighted by Gasteiger charge is 2.17. The van der Waals surface area contributed by atoms with Crippen molar-refractivity contribution in [2.45, 2.75) is 6.92 Å². The number of benzene rings is 2. The van der Waals surface area contributed by atoms with E-state index in [2.05, 4.69) is 15.3 Å². The molecule has 2 aromatic carbocycles. The van der Waals surface area contributed by atoms with E-state index in [-0.39, 0.29) is 5.91 Å². The molecule has 0 spiro atoms. The van der Waals surface area contributed by atoms with Crippen molar-refractivity contribution in [3.63, 3.8) is 0 Å². The van der Waals surface area contributed by atoms with E-state index >= 15 is 0 Å². The van der Waals surface area contributed by atoms with Crippen LogP contribution in [0.4, 0.5) is 5.69 Å². The molecule has 130 valence electrons. The summed E-state index contributed by atoms with van der Waals surface area (Å²) in [7, 11) is 1.63. The molecule has 0 radical (unpaired) electrons. The molecule has 0 fully saturated rings. The van der Waals surface area contributed by atoms with Crippen LogP contribution in [0.15, 0.2) is 54.7 Å². The molecule has 0 aliphatic rings. The van der Waals surface area contributed by atoms with E-state index in [0.717, 1.165) is 32.9 Å². The second-order valence-corrected chi connectivity index (χ2v) is 6.86. The normalized spacial score (nSPS) is 10.8. The molecule has 2 N–H and O–H groups in total. The Balaban J connectivity index is 1.64. The van der Waals surface area contributed by atoms with Crippen molar-refractivity contribution >= 4 is 33.8 Å². The predicted octanol–water partition coefficient (Wildman–Crippen LogP) is 4.86. The third kappa shape index (κ3) is 2.95. The summed E-state index contributed by atoms with van der Waals surface area (Å²) in [5, 5.41) is 4.78. The SMILES string of the molecule is COc1cccc(-c2nc(C)c(C(=O)Nc3cccc4[nH]ccc34)s2)c1. The zero-order valence-electron chi connectivity index (χ0n) is 14.4. The summed E-state index contributed by atoms with van der Waals surface area (Å²) < 4.78 is 5.27. The van der Waals surface area contributed by atoms with E-state index in [0.29, 0.717) is 10.6 Å². The van der Waals surface area contributed by atoms with Gasteiger partial charge < -0.3 is 15.0 Å². The lowest BCUT2D eigenvalue weighted by Gasteiger charge is -2.05. The summed E-state index contributed by atoms with van der Waals surface area (Å²) in [4.78, 5) is 21.1. The number of aryl methyl sites for hydroxylation is 1. The van der Waals surface area contributed by atoms with Gasteiger partial charge in [0, 0.05) is 22.7 Å². The van der Waals surface area contributed by atoms with Gasteiger partial charge in [-0.05, 0) is 37.3 Å². The van der Waals surface area contributed by atoms with Crippen molar-refractivity contribution in [3.8, 4) is 16.3 Å². The largest absolute Gasteiger partial charge is 0.497 e. The smallest absolute Gasteiger partial charge is 0.267 e. The van der Waals surface area contributed by atoms with Gasteiger partial charge in [-0.3, -0.25) is 4.79 Å². The third-order valence-electron chi connectivity index (χ3n) is 4.16. The number of anilines is 1. The molecule has 4 aromatic rings. The molecule has 0 atom stereocenters. The maximum absolute atomic E-state index is 12.8. The summed E-state index contributed by atoms with van der Waals surface area (Å²) in [6, 6.07) is 15.4. The van der Waals surface area contributed by atoms with Crippen LogP contribution in [0.5, 0.6) is 5.75 Å². The number of ether oxygens (including phenoxy) is 1. The van der Waals surface area contributed by atoms with E-state index in [9.17, 15) is 4.79 Å². The average Bonchev–Trinajstić information content (AvgIpc) is 3.29. The Morgan fingerprint density at radius 2 is 2.04 bits per heavy atom. The summed E-state index contributed by atoms with van der Waals surface area (Å²) in [5.41, 5.74) is 3.42. The lowest BCUT2D eigenvalue weighted by Crippen LogP contribution is -2.11. The van der Waals surface area contributed by atoms with Gasteiger partial charge >= 0.3 is 0 Å². The molecule has 2 heterocycles. The van der Waals surface area contributed by atoms with Gasteiger partial charge in [-0.25, -0.2) is 4.98 Å². The molecule has 6 heteroatoms. The first kappa shape index (κ1) is 16.4. The standard InChI is InChI=1S/C20H17N3O2S/c1-12-18(26-20(22-12)13-5-3-6-14(11-13)25-2)19(24)23-17-8-4-7-16-15(17)9-10-21-16/h3-11,21H,1-2H3,(H,23,24). The number of carbonyl (C=O) groups excluding carboxylic acids is 1. The number of amides is 1. The van der Waals surface area contributed by atoms with Crippen LogP contribution in [-0.2, 0) is 0 Å². The van der Waals surface area contributed by atoms with Crippen molar-refractivity contribution in [2.24, 2.45) is 0 Å². The Morgan fingerprint density at radius 3 is 2.88 bits per heavy atom. The number of methoxy groups -OCH3 is 1. The highest BCUT2D eigenvalue weighted by molar-refractivity contribution is 7.17. The molecule has 0 aliphatic carbocycles. The van der Waals surface area contributed by atoms with Gasteiger partial charge in [0.25, 0.3) is 5.91 Å². The second kappa shape index (κ2) is 6.65. The van der Waals surface area contributed by atoms with Crippen LogP contribution >= 0.6 is 11.3 Å². The molecular formula is C20H17N3O2S. The fraction of sp³-hybridized carbons (Fsp3) is 0.100. The minimum absolute atomic E-state index is 0.150. The van der Waals surface area contributed by atoms with Crippen LogP contribution in [-0.4, -0.2) is 23.0 Å². The topological polar surface area (TPSA) is 67.0 Å². The Bertz CT molecular complexity index is 1100. The molecule has 26 heavy (non-hydrogen) atoms. The summed E-state index contributed by atoms with van der Waals surface area (Å²) in [6.45, 7) is 1.85. The van der Waals surface area contributed by atoms with Crippen molar-refractivity contribution in [1.29, 1.82) is 0 Å². The molecule has 0 bridgehead atoms. The van der Waals surface area contributed by atoms with Gasteiger partial charge in [0.1, 0.15) is 15.6 Å². The maximum Gasteiger partial charge on any atom is 0.267 e. The Labute approximate surface area is 154 Å². The first-order valence-corrected chi connectivity index (χ1v) is 8.96. The van der Waals surface area contributed by atoms with Crippen molar-refractivity contribution in [1.82, 2.24) is 9.97 Å². The monoisotopic (exact) mass is 363 g/mol. The van der Waals surface area contributed by atoms with Crippen LogP contribution in [0.3, 0.4) is 0 Å². The molecule has 0 saturated heterocycles. The number of fused-ring (bicyclic) bond motifs is 1. The summed E-state index contributed by atoms with van der Waals surface area (Å²) in [6.07, 6.45) is 1.86. The summed E-state index contributed by atoms with van der Waals surface area (Å²) >= 11 is 1.38. The molecule has 4 rings (SSSR count). The number of nitrogens with one attached hydrogen (secondary N) is 2. The Morgan fingerprint density at radius 1 is 1.19 bits per heavy atom. The van der Waals surface area contributed by atoms with Crippen LogP contribution in [0, 0.1) is 6.92 Å². The number of H-pyrrole nitrogens is 1. The van der Waals surface area contributed by atoms with Crippen LogP contribution < -0.4 is 10.1 Å². The van der Waals surface area contributed by atoms with Gasteiger partial charge in [0.15, 0.2) is 0 Å². The fourth-order valence-corrected chi connectivity index (χ4v) is 3.82. The minimum atomic E-state index is -0.150. The lowest BCUT2D eigenvalue weighted by molar-refractivity contribution is 0.103. The number of aromatic amines is 1. The molecule has 0 aliphatic heterocycles. The number of nitrogens with zero attached hydrogens (tertiary/aromatic N) is 1. The molecule has 5 nitrogen and oxygen atoms in total. The third-order valence-corrected chi connectivity index (χ3v) is 5.37. The Kier molecular flexibility index (Phi) is 4.18. The van der Waals surface area contributed by atoms with E-state index in [4.69, 9.17) is 4.74 Å². The summed E-state index contributed by atoms with van der Waals surface area (Å²) in [5.74, 6) is 0.614. The van der Waals surface area contributed by atoms with Gasteiger partial charge in [0.05, 0.1) is 18.5 Å². The number of aromatic nitrogens is 2. The van der Waals surface area contributed by atoms with Crippen LogP contribution in [0.25, 0.3) is 21.5 Å². The highest BCUT2D eigenvalue weighted by atomic mass is 32.1. The highest BCUT2D eigenvalue weighted by Crippen LogP contribution is 2.31. The zero-order valence-corrected chi connectivity index (χ0v) is 15.2. The maximum atomic E-state index is 12.8. The predicted molar refractivity (Wildman–Crippen MR) is 105 cm³/mol. The average molecular weight is 363 g/mol. The molecule has 2 aromatic heterocycles. The van der Waals surface area contributed by atoms with Crippen molar-refractivity contribution < 1.29 is 9.53 Å². The minimum Gasteiger partial charge on any atom is -0.497 e. The molecule has 0 saturated carbocycles. The fourth-order valence-electron chi connectivity index (χ4n) is 2.86. The first-order chi connectivity index (χ1) is 12.7. The van der Waals surface area contributed by atoms with Crippen molar-refractivity contribution in [3.05, 3.63) is 65.3 Å². The van der Waals surface area contributed by atoms with E-state index in [1.165, 1.54) is 11.3 Å². The van der Waals surface area contributed by atoms with Crippen LogP contribution in [0.2, 0.25) is 0 Å². The van der Waals surface area contributed by atoms with Crippen molar-refractivity contribution in [2.75, 3.05) is 12.4 Å². The molecule has 1 amide bonds. The van der Waals surface area contributed by atoms with Gasteiger partial charge in [0.2, 0.25) is 0 Å². The van der Waals surface area contributed by atoms with E-state index in [1.54, 1.807) is 7.11 Å². The number of hydrogen-bond donors (Lipinski definition) is 2. The number of thiazole rings is 1. The molecular weight excluding hydrogens is 346 g/mol. The zero-order chi connectivity index (χ0) is 18.1. The Hall–Kier alpha value is -3.12. The van der Waals surface area contributed by atoms with Crippen LogP contribution in [0.1, 0.15) is 15.4 Å². The number of hydrogen-bond acceptors (Lipinski definition) is 4. The number of carbonyl (C=O) groups is 1. The molecule has 0 unspecified atom stereocenters. The lowest BCUT2D eigenvalue weighted by atomic mass is 10.2. The second-order valence-electron chi connectivity index (χ2n) is 5.86. The van der Waals surface area contributed by atoms with E-state index in [1.807, 2.05) is 61.7 Å². The van der Waals surface area contributed by atoms with E-state index < -0.39 is 0 Å². The first-order valence-electron chi connectivity index (χ1n) is 8.15. The van der Waals surface area contributed by atoms with Gasteiger partial charge in [-0.1, -0.05) is 18.2 Å². The quantitative estimate of drug-likeness (QED) is 0.544. The van der Waals surface area contributed by atoms with Gasteiger partial charge in [-0.15, -0.1) is 11.3 Å².